The van der Waals surface area contributed by atoms with Crippen molar-refractivity contribution in [2.75, 3.05) is 12.9 Å². The highest BCUT2D eigenvalue weighted by Crippen LogP contribution is 2.28. The van der Waals surface area contributed by atoms with Crippen molar-refractivity contribution in [3.8, 4) is 0 Å². The number of thioether (sulfide) groups is 1. The Labute approximate surface area is 154 Å². The molecule has 1 amide bonds. The molecule has 26 heavy (non-hydrogen) atoms. The molecule has 2 aromatic carbocycles. The highest BCUT2D eigenvalue weighted by Gasteiger charge is 2.18. The van der Waals surface area contributed by atoms with Crippen molar-refractivity contribution in [3.63, 3.8) is 0 Å². The van der Waals surface area contributed by atoms with E-state index in [0.717, 1.165) is 17.2 Å². The lowest BCUT2D eigenvalue weighted by Crippen LogP contribution is -2.28. The van der Waals surface area contributed by atoms with E-state index in [4.69, 9.17) is 4.74 Å². The number of nitro groups is 1. The van der Waals surface area contributed by atoms with Gasteiger partial charge in [0, 0.05) is 12.6 Å². The van der Waals surface area contributed by atoms with Crippen LogP contribution in [0.15, 0.2) is 47.4 Å². The van der Waals surface area contributed by atoms with Crippen molar-refractivity contribution in [1.29, 1.82) is 0 Å². The Balaban J connectivity index is 1.92. The van der Waals surface area contributed by atoms with Crippen LogP contribution in [0.1, 0.15) is 21.5 Å². The van der Waals surface area contributed by atoms with E-state index in [1.54, 1.807) is 6.26 Å². The molecule has 0 saturated carbocycles. The maximum absolute atomic E-state index is 12.0. The van der Waals surface area contributed by atoms with Gasteiger partial charge in [-0.25, -0.2) is 4.79 Å². The first-order valence-corrected chi connectivity index (χ1v) is 8.95. The van der Waals surface area contributed by atoms with Crippen molar-refractivity contribution < 1.29 is 19.2 Å². The van der Waals surface area contributed by atoms with Crippen molar-refractivity contribution in [2.45, 2.75) is 18.4 Å². The summed E-state index contributed by atoms with van der Waals surface area (Å²) in [6, 6.07) is 11.7. The number of amides is 1. The summed E-state index contributed by atoms with van der Waals surface area (Å²) in [5.41, 5.74) is 1.87. The van der Waals surface area contributed by atoms with Crippen LogP contribution in [0.25, 0.3) is 0 Å². The second-order valence-corrected chi connectivity index (χ2v) is 6.27. The van der Waals surface area contributed by atoms with Crippen molar-refractivity contribution in [2.24, 2.45) is 0 Å². The lowest BCUT2D eigenvalue weighted by atomic mass is 10.1. The fourth-order valence-electron chi connectivity index (χ4n) is 2.23. The molecule has 0 atom stereocenters. The second-order valence-electron chi connectivity index (χ2n) is 5.42. The number of nitrogens with zero attached hydrogens (tertiary/aromatic N) is 1. The largest absolute Gasteiger partial charge is 0.452 e. The number of esters is 1. The van der Waals surface area contributed by atoms with E-state index >= 15 is 0 Å². The molecule has 2 rings (SSSR count). The van der Waals surface area contributed by atoms with Gasteiger partial charge >= 0.3 is 5.97 Å². The normalized spacial score (nSPS) is 10.2. The molecule has 0 aliphatic carbocycles. The van der Waals surface area contributed by atoms with Gasteiger partial charge in [0.25, 0.3) is 11.6 Å². The Morgan fingerprint density at radius 2 is 1.96 bits per heavy atom. The van der Waals surface area contributed by atoms with Gasteiger partial charge in [-0.05, 0) is 36.4 Å². The molecule has 2 aromatic rings. The molecule has 0 spiro atoms. The Morgan fingerprint density at radius 1 is 1.23 bits per heavy atom. The van der Waals surface area contributed by atoms with E-state index in [0.29, 0.717) is 11.4 Å². The molecular weight excluding hydrogens is 356 g/mol. The van der Waals surface area contributed by atoms with Gasteiger partial charge in [0.15, 0.2) is 6.61 Å². The van der Waals surface area contributed by atoms with Crippen LogP contribution in [-0.4, -0.2) is 29.7 Å². The molecule has 1 N–H and O–H groups in total. The predicted octanol–water partition coefficient (Wildman–Crippen LogP) is 3.10. The molecule has 0 aromatic heterocycles. The highest BCUT2D eigenvalue weighted by atomic mass is 32.2. The predicted molar refractivity (Wildman–Crippen MR) is 98.2 cm³/mol. The zero-order valence-corrected chi connectivity index (χ0v) is 15.2. The van der Waals surface area contributed by atoms with Crippen LogP contribution in [0.5, 0.6) is 0 Å². The number of nitrogens with one attached hydrogen (secondary N) is 1. The maximum atomic E-state index is 12.0. The molecule has 7 nitrogen and oxygen atoms in total. The summed E-state index contributed by atoms with van der Waals surface area (Å²) < 4.78 is 4.94. The molecule has 8 heteroatoms. The second kappa shape index (κ2) is 9.00. The number of carbonyl (C=O) groups is 2. The molecule has 0 radical (unpaired) electrons. The van der Waals surface area contributed by atoms with E-state index in [9.17, 15) is 19.7 Å². The summed E-state index contributed by atoms with van der Waals surface area (Å²) in [7, 11) is 0. The van der Waals surface area contributed by atoms with Crippen LogP contribution in [0.2, 0.25) is 0 Å². The average Bonchev–Trinajstić information content (AvgIpc) is 2.64. The number of rotatable bonds is 7. The first-order chi connectivity index (χ1) is 12.4. The van der Waals surface area contributed by atoms with Gasteiger partial charge in [0.1, 0.15) is 0 Å². The monoisotopic (exact) mass is 374 g/mol. The Morgan fingerprint density at radius 3 is 2.62 bits per heavy atom. The Kier molecular flexibility index (Phi) is 6.74. The van der Waals surface area contributed by atoms with Crippen molar-refractivity contribution in [1.82, 2.24) is 5.32 Å². The van der Waals surface area contributed by atoms with Gasteiger partial charge in [-0.15, -0.1) is 11.8 Å². The summed E-state index contributed by atoms with van der Waals surface area (Å²) in [5, 5.41) is 13.7. The number of carbonyl (C=O) groups excluding carboxylic acids is 2. The van der Waals surface area contributed by atoms with Crippen LogP contribution >= 0.6 is 11.8 Å². The quantitative estimate of drug-likeness (QED) is 0.346. The third kappa shape index (κ3) is 5.06. The molecule has 0 bridgehead atoms. The molecular formula is C18H18N2O5S. The molecule has 0 heterocycles. The SMILES string of the molecule is CSc1ccc(C(=O)OCC(=O)NCc2ccccc2C)cc1[N+](=O)[O-]. The molecule has 0 aliphatic heterocycles. The molecule has 0 aliphatic rings. The van der Waals surface area contributed by atoms with E-state index in [-0.39, 0.29) is 11.3 Å². The van der Waals surface area contributed by atoms with Gasteiger partial charge in [-0.1, -0.05) is 24.3 Å². The first kappa shape index (κ1) is 19.5. The standard InChI is InChI=1S/C18H18N2O5S/c1-12-5-3-4-6-14(12)10-19-17(21)11-25-18(22)13-7-8-16(26-2)15(9-13)20(23)24/h3-9H,10-11H2,1-2H3,(H,19,21). The van der Waals surface area contributed by atoms with Crippen molar-refractivity contribution >= 4 is 29.3 Å². The minimum absolute atomic E-state index is 0.0289. The molecule has 0 fully saturated rings. The Hall–Kier alpha value is -2.87. The van der Waals surface area contributed by atoms with E-state index in [2.05, 4.69) is 5.32 Å². The van der Waals surface area contributed by atoms with E-state index in [1.807, 2.05) is 31.2 Å². The van der Waals surface area contributed by atoms with Gasteiger partial charge in [0.05, 0.1) is 15.4 Å². The summed E-state index contributed by atoms with van der Waals surface area (Å²) in [6.07, 6.45) is 1.71. The number of hydrogen-bond donors (Lipinski definition) is 1. The number of benzene rings is 2. The third-order valence-corrected chi connectivity index (χ3v) is 4.47. The van der Waals surface area contributed by atoms with E-state index in [1.165, 1.54) is 23.9 Å². The number of ether oxygens (including phenoxy) is 1. The molecule has 0 saturated heterocycles. The number of nitro benzene ring substituents is 1. The summed E-state index contributed by atoms with van der Waals surface area (Å²) in [4.78, 5) is 34.8. The van der Waals surface area contributed by atoms with Crippen LogP contribution in [0, 0.1) is 17.0 Å². The van der Waals surface area contributed by atoms with Crippen LogP contribution in [-0.2, 0) is 16.1 Å². The minimum atomic E-state index is -0.785. The van der Waals surface area contributed by atoms with Crippen LogP contribution in [0.3, 0.4) is 0 Å². The number of hydrogen-bond acceptors (Lipinski definition) is 6. The Bertz CT molecular complexity index is 838. The van der Waals surface area contributed by atoms with Gasteiger partial charge in [0.2, 0.25) is 0 Å². The van der Waals surface area contributed by atoms with Crippen LogP contribution < -0.4 is 5.32 Å². The number of aryl methyl sites for hydroxylation is 1. The average molecular weight is 374 g/mol. The zero-order valence-electron chi connectivity index (χ0n) is 14.4. The van der Waals surface area contributed by atoms with Gasteiger partial charge in [-0.3, -0.25) is 14.9 Å². The van der Waals surface area contributed by atoms with E-state index < -0.39 is 23.4 Å². The third-order valence-electron chi connectivity index (χ3n) is 3.68. The summed E-state index contributed by atoms with van der Waals surface area (Å²) in [6.45, 7) is 1.81. The fourth-order valence-corrected chi connectivity index (χ4v) is 2.77. The topological polar surface area (TPSA) is 98.5 Å². The maximum Gasteiger partial charge on any atom is 0.338 e. The molecule has 136 valence electrons. The molecule has 0 unspecified atom stereocenters. The smallest absolute Gasteiger partial charge is 0.338 e. The lowest BCUT2D eigenvalue weighted by molar-refractivity contribution is -0.387. The van der Waals surface area contributed by atoms with Crippen LogP contribution in [0.4, 0.5) is 5.69 Å². The first-order valence-electron chi connectivity index (χ1n) is 7.73. The lowest BCUT2D eigenvalue weighted by Gasteiger charge is -2.09. The summed E-state index contributed by atoms with van der Waals surface area (Å²) in [5.74, 6) is -1.23. The highest BCUT2D eigenvalue weighted by molar-refractivity contribution is 7.98. The van der Waals surface area contributed by atoms with Crippen molar-refractivity contribution in [3.05, 3.63) is 69.3 Å². The van der Waals surface area contributed by atoms with Gasteiger partial charge in [-0.2, -0.15) is 0 Å². The summed E-state index contributed by atoms with van der Waals surface area (Å²) >= 11 is 1.21. The minimum Gasteiger partial charge on any atom is -0.452 e. The van der Waals surface area contributed by atoms with Gasteiger partial charge < -0.3 is 10.1 Å². The fraction of sp³-hybridized carbons (Fsp3) is 0.222. The zero-order chi connectivity index (χ0) is 19.1.